The van der Waals surface area contributed by atoms with E-state index in [2.05, 4.69) is 0 Å². The van der Waals surface area contributed by atoms with E-state index in [-0.39, 0.29) is 5.41 Å². The second kappa shape index (κ2) is 4.45. The van der Waals surface area contributed by atoms with Crippen molar-refractivity contribution in [3.8, 4) is 0 Å². The molecule has 0 heterocycles. The lowest BCUT2D eigenvalue weighted by atomic mass is 9.92. The minimum Gasteiger partial charge on any atom is -0.382 e. The van der Waals surface area contributed by atoms with Crippen molar-refractivity contribution >= 4 is 6.29 Å². The largest absolute Gasteiger partial charge is 0.382 e. The third-order valence-electron chi connectivity index (χ3n) is 1.35. The van der Waals surface area contributed by atoms with E-state index >= 15 is 0 Å². The van der Waals surface area contributed by atoms with E-state index in [4.69, 9.17) is 4.74 Å². The lowest BCUT2D eigenvalue weighted by Crippen LogP contribution is -2.15. The molecule has 0 aromatic heterocycles. The van der Waals surface area contributed by atoms with Crippen molar-refractivity contribution < 1.29 is 9.53 Å². The van der Waals surface area contributed by atoms with E-state index in [9.17, 15) is 4.79 Å². The molecule has 0 spiro atoms. The topological polar surface area (TPSA) is 26.3 Å². The molecule has 59 valence electrons. The highest BCUT2D eigenvalue weighted by molar-refractivity contribution is 5.58. The van der Waals surface area contributed by atoms with Crippen molar-refractivity contribution in [3.63, 3.8) is 0 Å². The maximum atomic E-state index is 10.2. The van der Waals surface area contributed by atoms with Gasteiger partial charge in [0.1, 0.15) is 0 Å². The fourth-order valence-electron chi connectivity index (χ4n) is 0.523. The Morgan fingerprint density at radius 3 is 2.50 bits per heavy atom. The van der Waals surface area contributed by atoms with Crippen LogP contribution in [-0.4, -0.2) is 19.5 Å². The lowest BCUT2D eigenvalue weighted by molar-refractivity contribution is 0.128. The van der Waals surface area contributed by atoms with Gasteiger partial charge in [-0.25, -0.2) is 0 Å². The number of carbonyl (C=O) groups excluding carboxylic acids is 1. The average Bonchev–Trinajstić information content (AvgIpc) is 1.89. The highest BCUT2D eigenvalue weighted by atomic mass is 16.5. The molecule has 0 saturated carbocycles. The van der Waals surface area contributed by atoms with Crippen LogP contribution in [0.3, 0.4) is 0 Å². The van der Waals surface area contributed by atoms with Crippen LogP contribution < -0.4 is 0 Å². The fourth-order valence-corrected chi connectivity index (χ4v) is 0.523. The number of rotatable bonds is 5. The van der Waals surface area contributed by atoms with Crippen LogP contribution in [-0.2, 0) is 9.53 Å². The Hall–Kier alpha value is -0.370. The summed E-state index contributed by atoms with van der Waals surface area (Å²) >= 11 is 0. The molecule has 0 N–H and O–H groups in total. The van der Waals surface area contributed by atoms with Gasteiger partial charge in [0.05, 0.1) is 0 Å². The molecule has 0 atom stereocenters. The third-order valence-corrected chi connectivity index (χ3v) is 1.35. The second-order valence-corrected chi connectivity index (χ2v) is 2.93. The number of ether oxygens (including phenoxy) is 1. The molecule has 0 aromatic carbocycles. The molecule has 0 fully saturated rings. The first-order valence-electron chi connectivity index (χ1n) is 3.59. The maximum Gasteiger partial charge on any atom is 0.204 e. The van der Waals surface area contributed by atoms with Crippen LogP contribution in [0.4, 0.5) is 0 Å². The second-order valence-electron chi connectivity index (χ2n) is 2.93. The van der Waals surface area contributed by atoms with Crippen LogP contribution in [0.2, 0.25) is 0 Å². The molecule has 0 aromatic rings. The monoisotopic (exact) mass is 143 g/mol. The molecule has 0 aliphatic rings. The van der Waals surface area contributed by atoms with E-state index in [1.54, 1.807) is 0 Å². The first-order chi connectivity index (χ1) is 4.62. The molecule has 0 amide bonds. The van der Waals surface area contributed by atoms with Gasteiger partial charge in [0.25, 0.3) is 0 Å². The molecular weight excluding hydrogens is 128 g/mol. The maximum absolute atomic E-state index is 10.2. The van der Waals surface area contributed by atoms with Gasteiger partial charge >= 0.3 is 0 Å². The minimum absolute atomic E-state index is 0.338. The minimum atomic E-state index is -0.338. The van der Waals surface area contributed by atoms with Gasteiger partial charge in [0.15, 0.2) is 0 Å². The van der Waals surface area contributed by atoms with Gasteiger partial charge in [-0.15, -0.1) is 0 Å². The van der Waals surface area contributed by atoms with Gasteiger partial charge in [-0.1, -0.05) is 13.8 Å². The van der Waals surface area contributed by atoms with Crippen LogP contribution >= 0.6 is 0 Å². The van der Waals surface area contributed by atoms with Crippen LogP contribution in [0, 0.1) is 5.41 Å². The van der Waals surface area contributed by atoms with Crippen molar-refractivity contribution in [3.05, 3.63) is 0 Å². The summed E-state index contributed by atoms with van der Waals surface area (Å²) < 4.78 is 5.09. The van der Waals surface area contributed by atoms with Crippen molar-refractivity contribution in [2.75, 3.05) is 13.2 Å². The van der Waals surface area contributed by atoms with Crippen molar-refractivity contribution in [2.24, 2.45) is 5.41 Å². The van der Waals surface area contributed by atoms with Crippen molar-refractivity contribution in [1.82, 2.24) is 0 Å². The van der Waals surface area contributed by atoms with E-state index in [0.717, 1.165) is 13.0 Å². The van der Waals surface area contributed by atoms with E-state index < -0.39 is 0 Å². The van der Waals surface area contributed by atoms with Gasteiger partial charge in [-0.05, 0) is 13.3 Å². The van der Waals surface area contributed by atoms with Crippen LogP contribution in [0.5, 0.6) is 0 Å². The van der Waals surface area contributed by atoms with Gasteiger partial charge in [0, 0.05) is 18.6 Å². The van der Waals surface area contributed by atoms with Crippen LogP contribution in [0.15, 0.2) is 0 Å². The van der Waals surface area contributed by atoms with Crippen LogP contribution in [0.1, 0.15) is 27.2 Å². The zero-order valence-electron chi connectivity index (χ0n) is 6.94. The van der Waals surface area contributed by atoms with E-state index in [1.807, 2.05) is 27.1 Å². The molecule has 0 rings (SSSR count). The first kappa shape index (κ1) is 9.63. The Morgan fingerprint density at radius 1 is 1.50 bits per heavy atom. The first-order valence-corrected chi connectivity index (χ1v) is 3.59. The SMILES string of the molecule is CCOCCC(C)(C)[C]=O. The highest BCUT2D eigenvalue weighted by Gasteiger charge is 2.16. The summed E-state index contributed by atoms with van der Waals surface area (Å²) in [4.78, 5) is 10.2. The molecule has 2 nitrogen and oxygen atoms in total. The summed E-state index contributed by atoms with van der Waals surface area (Å²) in [6, 6.07) is 0. The van der Waals surface area contributed by atoms with Gasteiger partial charge in [0.2, 0.25) is 6.29 Å². The normalized spacial score (nSPS) is 11.5. The Bertz CT molecular complexity index is 97.4. The zero-order valence-corrected chi connectivity index (χ0v) is 6.94. The summed E-state index contributed by atoms with van der Waals surface area (Å²) in [5, 5.41) is 0. The fraction of sp³-hybridized carbons (Fsp3) is 0.875. The van der Waals surface area contributed by atoms with Crippen molar-refractivity contribution in [1.29, 1.82) is 0 Å². The zero-order chi connectivity index (χ0) is 8.04. The smallest absolute Gasteiger partial charge is 0.204 e. The van der Waals surface area contributed by atoms with Crippen molar-refractivity contribution in [2.45, 2.75) is 27.2 Å². The summed E-state index contributed by atoms with van der Waals surface area (Å²) in [5.74, 6) is 0. The molecule has 10 heavy (non-hydrogen) atoms. The molecule has 0 bridgehead atoms. The van der Waals surface area contributed by atoms with Gasteiger partial charge in [-0.3, -0.25) is 4.79 Å². The Balaban J connectivity index is 3.37. The summed E-state index contributed by atoms with van der Waals surface area (Å²) in [6.45, 7) is 7.03. The summed E-state index contributed by atoms with van der Waals surface area (Å²) in [5.41, 5.74) is -0.338. The molecule has 0 saturated heterocycles. The molecule has 0 aliphatic carbocycles. The predicted octanol–water partition coefficient (Wildman–Crippen LogP) is 1.55. The molecule has 0 unspecified atom stereocenters. The number of hydrogen-bond donors (Lipinski definition) is 0. The number of hydrogen-bond acceptors (Lipinski definition) is 2. The molecule has 1 radical (unpaired) electrons. The summed E-state index contributed by atoms with van der Waals surface area (Å²) in [7, 11) is 0. The molecular formula is C8H15O2. The third kappa shape index (κ3) is 4.50. The predicted molar refractivity (Wildman–Crippen MR) is 40.6 cm³/mol. The van der Waals surface area contributed by atoms with E-state index in [0.29, 0.717) is 6.61 Å². The Labute approximate surface area is 62.6 Å². The molecule has 0 aliphatic heterocycles. The molecule has 2 heteroatoms. The Morgan fingerprint density at radius 2 is 2.10 bits per heavy atom. The summed E-state index contributed by atoms with van der Waals surface area (Å²) in [6.07, 6.45) is 2.72. The standard InChI is InChI=1S/C8H15O2/c1-4-10-6-5-8(2,3)7-9/h4-6H2,1-3H3. The quantitative estimate of drug-likeness (QED) is 0.546. The van der Waals surface area contributed by atoms with Gasteiger partial charge < -0.3 is 4.74 Å². The average molecular weight is 143 g/mol. The van der Waals surface area contributed by atoms with Gasteiger partial charge in [-0.2, -0.15) is 0 Å². The highest BCUT2D eigenvalue weighted by Crippen LogP contribution is 2.15. The lowest BCUT2D eigenvalue weighted by Gasteiger charge is -2.14. The van der Waals surface area contributed by atoms with Crippen LogP contribution in [0.25, 0.3) is 0 Å². The van der Waals surface area contributed by atoms with E-state index in [1.165, 1.54) is 0 Å². The Kier molecular flexibility index (Phi) is 4.28.